The van der Waals surface area contributed by atoms with E-state index in [0.29, 0.717) is 16.2 Å². The van der Waals surface area contributed by atoms with Crippen LogP contribution in [-0.4, -0.2) is 21.0 Å². The van der Waals surface area contributed by atoms with E-state index in [0.717, 1.165) is 18.5 Å². The molecule has 1 aromatic heterocycles. The van der Waals surface area contributed by atoms with E-state index in [1.54, 1.807) is 11.7 Å². The van der Waals surface area contributed by atoms with Crippen LogP contribution >= 0.6 is 15.9 Å². The van der Waals surface area contributed by atoms with Gasteiger partial charge >= 0.3 is 0 Å². The van der Waals surface area contributed by atoms with E-state index in [1.807, 2.05) is 0 Å². The fourth-order valence-corrected chi connectivity index (χ4v) is 2.70. The van der Waals surface area contributed by atoms with Gasteiger partial charge < -0.3 is 0 Å². The Morgan fingerprint density at radius 3 is 2.71 bits per heavy atom. The molecular weight excluding hydrogens is 284 g/mol. The van der Waals surface area contributed by atoms with Crippen molar-refractivity contribution in [1.82, 2.24) is 15.4 Å². The van der Waals surface area contributed by atoms with Crippen LogP contribution in [0, 0.1) is 5.41 Å². The number of hydroxylamine groups is 1. The first-order valence-corrected chi connectivity index (χ1v) is 6.53. The Balaban J connectivity index is 2.20. The number of nitrogens with zero attached hydrogens (tertiary/aromatic N) is 2. The molecule has 92 valence electrons. The minimum Gasteiger partial charge on any atom is -0.290 e. The van der Waals surface area contributed by atoms with Crippen LogP contribution in [0.1, 0.15) is 49.4 Å². The first-order valence-electron chi connectivity index (χ1n) is 5.74. The highest BCUT2D eigenvalue weighted by Crippen LogP contribution is 2.31. The Morgan fingerprint density at radius 1 is 1.41 bits per heavy atom. The zero-order chi connectivity index (χ0) is 12.3. The lowest BCUT2D eigenvalue weighted by atomic mass is 9.87. The number of nitrogens with one attached hydrogen (secondary N) is 2. The zero-order valence-corrected chi connectivity index (χ0v) is 11.0. The summed E-state index contributed by atoms with van der Waals surface area (Å²) in [5.41, 5.74) is 3.08. The molecule has 3 N–H and O–H groups in total. The summed E-state index contributed by atoms with van der Waals surface area (Å²) < 4.78 is 0.507. The van der Waals surface area contributed by atoms with E-state index in [4.69, 9.17) is 10.6 Å². The largest absolute Gasteiger partial charge is 0.290 e. The Bertz CT molecular complexity index is 418. The fourth-order valence-electron chi connectivity index (χ4n) is 2.19. The van der Waals surface area contributed by atoms with Gasteiger partial charge in [-0.15, -0.1) is 0 Å². The normalized spacial score (nSPS) is 16.8. The first-order chi connectivity index (χ1) is 8.22. The van der Waals surface area contributed by atoms with Gasteiger partial charge in [0, 0.05) is 12.1 Å². The number of aromatic nitrogens is 2. The highest BCUT2D eigenvalue weighted by molar-refractivity contribution is 9.10. The van der Waals surface area contributed by atoms with Crippen LogP contribution in [0.2, 0.25) is 0 Å². The zero-order valence-electron chi connectivity index (χ0n) is 9.41. The minimum atomic E-state index is -0.153. The second kappa shape index (κ2) is 5.55. The molecule has 0 atom stereocenters. The van der Waals surface area contributed by atoms with Gasteiger partial charge in [0.25, 0.3) is 0 Å². The molecule has 0 aliphatic heterocycles. The van der Waals surface area contributed by atoms with Crippen molar-refractivity contribution in [2.75, 3.05) is 0 Å². The summed E-state index contributed by atoms with van der Waals surface area (Å²) in [7, 11) is 0. The summed E-state index contributed by atoms with van der Waals surface area (Å²) in [4.78, 5) is 8.60. The first kappa shape index (κ1) is 12.4. The van der Waals surface area contributed by atoms with E-state index < -0.39 is 0 Å². The van der Waals surface area contributed by atoms with Crippen LogP contribution in [0.5, 0.6) is 0 Å². The molecule has 0 unspecified atom stereocenters. The smallest absolute Gasteiger partial charge is 0.171 e. The molecule has 17 heavy (non-hydrogen) atoms. The number of halogens is 1. The van der Waals surface area contributed by atoms with Crippen molar-refractivity contribution in [3.8, 4) is 0 Å². The van der Waals surface area contributed by atoms with Gasteiger partial charge in [0.05, 0.1) is 5.69 Å². The van der Waals surface area contributed by atoms with Gasteiger partial charge in [0.15, 0.2) is 5.84 Å². The molecule has 2 rings (SSSR count). The summed E-state index contributed by atoms with van der Waals surface area (Å²) >= 11 is 3.29. The van der Waals surface area contributed by atoms with Crippen molar-refractivity contribution in [2.24, 2.45) is 0 Å². The van der Waals surface area contributed by atoms with Gasteiger partial charge in [-0.25, -0.2) is 9.97 Å². The summed E-state index contributed by atoms with van der Waals surface area (Å²) in [6, 6.07) is 0. The maximum Gasteiger partial charge on any atom is 0.171 e. The molecule has 6 heteroatoms. The van der Waals surface area contributed by atoms with Crippen LogP contribution in [0.4, 0.5) is 0 Å². The minimum absolute atomic E-state index is 0.153. The predicted molar refractivity (Wildman–Crippen MR) is 67.3 cm³/mol. The van der Waals surface area contributed by atoms with Gasteiger partial charge in [0.1, 0.15) is 10.3 Å². The van der Waals surface area contributed by atoms with Gasteiger partial charge in [-0.05, 0) is 28.8 Å². The maximum absolute atomic E-state index is 8.67. The standard InChI is InChI=1S/C11H15BrN4O/c12-10-9(11(13)16-17)14-6-8(15-10)7-4-2-1-3-5-7/h6-7,17H,1-5H2,(H2,13,16). The van der Waals surface area contributed by atoms with Crippen LogP contribution in [0.25, 0.3) is 0 Å². The topological polar surface area (TPSA) is 81.9 Å². The SMILES string of the molecule is N=C(NO)c1ncc(C2CCCCC2)nc1Br. The summed E-state index contributed by atoms with van der Waals surface area (Å²) in [5.74, 6) is 0.331. The molecule has 1 aliphatic rings. The molecule has 0 amide bonds. The summed E-state index contributed by atoms with van der Waals surface area (Å²) in [6.45, 7) is 0. The lowest BCUT2D eigenvalue weighted by Crippen LogP contribution is -2.21. The highest BCUT2D eigenvalue weighted by Gasteiger charge is 2.19. The molecule has 1 fully saturated rings. The van der Waals surface area contributed by atoms with Crippen molar-refractivity contribution in [3.63, 3.8) is 0 Å². The monoisotopic (exact) mass is 298 g/mol. The second-order valence-electron chi connectivity index (χ2n) is 4.26. The number of hydrogen-bond donors (Lipinski definition) is 3. The molecular formula is C11H15BrN4O. The third-order valence-corrected chi connectivity index (χ3v) is 3.67. The van der Waals surface area contributed by atoms with Gasteiger partial charge in [-0.2, -0.15) is 0 Å². The van der Waals surface area contributed by atoms with Crippen molar-refractivity contribution < 1.29 is 5.21 Å². The molecule has 0 spiro atoms. The van der Waals surface area contributed by atoms with Crippen molar-refractivity contribution in [3.05, 3.63) is 22.2 Å². The molecule has 0 radical (unpaired) electrons. The molecule has 0 aromatic carbocycles. The Morgan fingerprint density at radius 2 is 2.12 bits per heavy atom. The van der Waals surface area contributed by atoms with Crippen LogP contribution in [0.3, 0.4) is 0 Å². The molecule has 0 saturated heterocycles. The number of hydrogen-bond acceptors (Lipinski definition) is 4. The molecule has 5 nitrogen and oxygen atoms in total. The Labute approximate surface area is 108 Å². The van der Waals surface area contributed by atoms with Crippen LogP contribution in [0.15, 0.2) is 10.8 Å². The van der Waals surface area contributed by atoms with Gasteiger partial charge in [-0.3, -0.25) is 16.1 Å². The van der Waals surface area contributed by atoms with E-state index in [-0.39, 0.29) is 5.84 Å². The van der Waals surface area contributed by atoms with E-state index in [9.17, 15) is 0 Å². The summed E-state index contributed by atoms with van der Waals surface area (Å²) in [5, 5.41) is 16.1. The average Bonchev–Trinajstić information content (AvgIpc) is 2.39. The lowest BCUT2D eigenvalue weighted by molar-refractivity contribution is 0.233. The van der Waals surface area contributed by atoms with E-state index >= 15 is 0 Å². The second-order valence-corrected chi connectivity index (χ2v) is 5.01. The van der Waals surface area contributed by atoms with Gasteiger partial charge in [-0.1, -0.05) is 19.3 Å². The average molecular weight is 299 g/mol. The Hall–Kier alpha value is -1.01. The highest BCUT2D eigenvalue weighted by atomic mass is 79.9. The van der Waals surface area contributed by atoms with Crippen LogP contribution in [-0.2, 0) is 0 Å². The summed E-state index contributed by atoms with van der Waals surface area (Å²) in [6.07, 6.45) is 7.84. The molecule has 0 bridgehead atoms. The molecule has 1 aromatic rings. The number of rotatable bonds is 2. The quantitative estimate of drug-likeness (QED) is 0.445. The van der Waals surface area contributed by atoms with Crippen LogP contribution < -0.4 is 5.48 Å². The molecule has 1 aliphatic carbocycles. The van der Waals surface area contributed by atoms with Crippen molar-refractivity contribution in [1.29, 1.82) is 5.41 Å². The maximum atomic E-state index is 8.67. The van der Waals surface area contributed by atoms with E-state index in [2.05, 4.69) is 25.9 Å². The third-order valence-electron chi connectivity index (χ3n) is 3.12. The third kappa shape index (κ3) is 2.81. The van der Waals surface area contributed by atoms with Gasteiger partial charge in [0.2, 0.25) is 0 Å². The van der Waals surface area contributed by atoms with E-state index in [1.165, 1.54) is 19.3 Å². The number of amidine groups is 1. The molecule has 1 saturated carbocycles. The lowest BCUT2D eigenvalue weighted by Gasteiger charge is -2.21. The molecule has 1 heterocycles. The van der Waals surface area contributed by atoms with Crippen molar-refractivity contribution in [2.45, 2.75) is 38.0 Å². The fraction of sp³-hybridized carbons (Fsp3) is 0.545. The Kier molecular flexibility index (Phi) is 4.06. The van der Waals surface area contributed by atoms with Crippen molar-refractivity contribution >= 4 is 21.8 Å². The predicted octanol–water partition coefficient (Wildman–Crippen LogP) is 2.59.